The quantitative estimate of drug-likeness (QED) is 0.508. The summed E-state index contributed by atoms with van der Waals surface area (Å²) in [7, 11) is 0. The summed E-state index contributed by atoms with van der Waals surface area (Å²) in [4.78, 5) is 24.2. The van der Waals surface area contributed by atoms with Crippen molar-refractivity contribution in [3.8, 4) is 0 Å². The Morgan fingerprint density at radius 1 is 1.35 bits per heavy atom. The molecule has 1 heterocycles. The Kier molecular flexibility index (Phi) is 5.38. The van der Waals surface area contributed by atoms with E-state index >= 15 is 0 Å². The Morgan fingerprint density at radius 2 is 2.00 bits per heavy atom. The van der Waals surface area contributed by atoms with Crippen LogP contribution in [0.3, 0.4) is 0 Å². The number of carbonyl (C=O) groups excluding carboxylic acids is 1. The van der Waals surface area contributed by atoms with Gasteiger partial charge in [0.2, 0.25) is 11.9 Å². The highest BCUT2D eigenvalue weighted by atomic mass is 16.6. The maximum Gasteiger partial charge on any atom is 0.241 e. The van der Waals surface area contributed by atoms with Gasteiger partial charge < -0.3 is 4.90 Å². The summed E-state index contributed by atoms with van der Waals surface area (Å²) in [6.07, 6.45) is 4.75. The number of hydrogen-bond donors (Lipinski definition) is 0. The highest BCUT2D eigenvalue weighted by Crippen LogP contribution is 2.26. The summed E-state index contributed by atoms with van der Waals surface area (Å²) in [5, 5.41) is 11.0. The molecule has 1 amide bonds. The van der Waals surface area contributed by atoms with Crippen molar-refractivity contribution in [1.29, 1.82) is 0 Å². The monoisotopic (exact) mass is 242 g/mol. The number of nitro groups is 1. The smallest absolute Gasteiger partial charge is 0.241 e. The molecule has 1 saturated heterocycles. The first-order valence-corrected chi connectivity index (χ1v) is 6.54. The molecule has 98 valence electrons. The summed E-state index contributed by atoms with van der Waals surface area (Å²) in [5.74, 6) is -0.0405. The highest BCUT2D eigenvalue weighted by Gasteiger charge is 2.46. The molecular weight excluding hydrogens is 220 g/mol. The minimum absolute atomic E-state index is 0.0405. The normalized spacial score (nSPS) is 24.4. The molecule has 1 aliphatic heterocycles. The van der Waals surface area contributed by atoms with Crippen LogP contribution in [-0.4, -0.2) is 34.4 Å². The molecule has 0 aromatic heterocycles. The molecule has 0 saturated carbocycles. The Labute approximate surface area is 102 Å². The van der Waals surface area contributed by atoms with Crippen LogP contribution in [0.5, 0.6) is 0 Å². The number of likely N-dealkylation sites (tertiary alicyclic amines) is 1. The van der Waals surface area contributed by atoms with E-state index in [0.29, 0.717) is 6.54 Å². The topological polar surface area (TPSA) is 63.5 Å². The van der Waals surface area contributed by atoms with Crippen LogP contribution in [0.2, 0.25) is 0 Å². The molecule has 1 aliphatic rings. The van der Waals surface area contributed by atoms with Gasteiger partial charge in [-0.2, -0.15) is 0 Å². The maximum atomic E-state index is 11.8. The van der Waals surface area contributed by atoms with Crippen LogP contribution in [0, 0.1) is 10.1 Å². The molecule has 0 unspecified atom stereocenters. The van der Waals surface area contributed by atoms with Gasteiger partial charge in [-0.15, -0.1) is 0 Å². The third kappa shape index (κ3) is 3.41. The van der Waals surface area contributed by atoms with E-state index < -0.39 is 6.04 Å². The molecular formula is C12H22N2O3. The summed E-state index contributed by atoms with van der Waals surface area (Å²) < 4.78 is 0. The van der Waals surface area contributed by atoms with Gasteiger partial charge in [0.05, 0.1) is 12.5 Å². The molecule has 1 rings (SSSR count). The van der Waals surface area contributed by atoms with E-state index in [2.05, 4.69) is 13.8 Å². The van der Waals surface area contributed by atoms with Gasteiger partial charge in [0.1, 0.15) is 0 Å². The first-order valence-electron chi connectivity index (χ1n) is 6.54. The lowest BCUT2D eigenvalue weighted by atomic mass is 10.0. The lowest BCUT2D eigenvalue weighted by molar-refractivity contribution is -0.524. The van der Waals surface area contributed by atoms with Crippen molar-refractivity contribution in [1.82, 2.24) is 4.90 Å². The Bertz CT molecular complexity index is 281. The van der Waals surface area contributed by atoms with E-state index in [9.17, 15) is 14.9 Å². The molecule has 0 aromatic carbocycles. The van der Waals surface area contributed by atoms with Gasteiger partial charge in [0.25, 0.3) is 0 Å². The van der Waals surface area contributed by atoms with Crippen LogP contribution in [0.4, 0.5) is 0 Å². The van der Waals surface area contributed by atoms with Crippen LogP contribution in [0.25, 0.3) is 0 Å². The molecule has 0 aromatic rings. The lowest BCUT2D eigenvalue weighted by Gasteiger charge is -2.24. The average molecular weight is 242 g/mol. The van der Waals surface area contributed by atoms with Gasteiger partial charge in [-0.05, 0) is 12.8 Å². The fourth-order valence-electron chi connectivity index (χ4n) is 2.42. The number of nitrogens with zero attached hydrogens (tertiary/aromatic N) is 2. The maximum absolute atomic E-state index is 11.8. The number of hydrogen-bond acceptors (Lipinski definition) is 3. The Morgan fingerprint density at radius 3 is 2.53 bits per heavy atom. The van der Waals surface area contributed by atoms with Crippen molar-refractivity contribution in [3.05, 3.63) is 10.1 Å². The molecule has 2 atom stereocenters. The molecule has 0 bridgehead atoms. The summed E-state index contributed by atoms with van der Waals surface area (Å²) in [6.45, 7) is 4.80. The molecule has 17 heavy (non-hydrogen) atoms. The highest BCUT2D eigenvalue weighted by molar-refractivity contribution is 5.79. The lowest BCUT2D eigenvalue weighted by Crippen LogP contribution is -2.40. The van der Waals surface area contributed by atoms with Gasteiger partial charge in [-0.25, -0.2) is 0 Å². The largest absolute Gasteiger partial charge is 0.333 e. The van der Waals surface area contributed by atoms with E-state index in [-0.39, 0.29) is 23.3 Å². The van der Waals surface area contributed by atoms with E-state index in [1.807, 2.05) is 0 Å². The van der Waals surface area contributed by atoms with Crippen molar-refractivity contribution in [3.63, 3.8) is 0 Å². The van der Waals surface area contributed by atoms with Crippen LogP contribution in [0.15, 0.2) is 0 Å². The number of amides is 1. The SMILES string of the molecule is CCCC[C@H]1[C@H]([N+](=O)[O-])CC(=O)N1CCCC. The van der Waals surface area contributed by atoms with Crippen LogP contribution >= 0.6 is 0 Å². The first kappa shape index (κ1) is 13.9. The van der Waals surface area contributed by atoms with E-state index in [1.165, 1.54) is 0 Å². The molecule has 0 aliphatic carbocycles. The molecule has 0 spiro atoms. The molecule has 1 fully saturated rings. The van der Waals surface area contributed by atoms with Gasteiger partial charge >= 0.3 is 0 Å². The minimum atomic E-state index is -0.689. The molecule has 0 radical (unpaired) electrons. The van der Waals surface area contributed by atoms with Crippen molar-refractivity contribution in [2.24, 2.45) is 0 Å². The molecule has 5 heteroatoms. The number of carbonyl (C=O) groups is 1. The minimum Gasteiger partial charge on any atom is -0.333 e. The zero-order valence-electron chi connectivity index (χ0n) is 10.7. The second kappa shape index (κ2) is 6.57. The fourth-order valence-corrected chi connectivity index (χ4v) is 2.42. The van der Waals surface area contributed by atoms with Crippen LogP contribution in [0.1, 0.15) is 52.4 Å². The van der Waals surface area contributed by atoms with E-state index in [4.69, 9.17) is 0 Å². The Balaban J connectivity index is 2.70. The third-order valence-electron chi connectivity index (χ3n) is 3.43. The van der Waals surface area contributed by atoms with Crippen molar-refractivity contribution >= 4 is 5.91 Å². The summed E-state index contributed by atoms with van der Waals surface area (Å²) in [5.41, 5.74) is 0. The van der Waals surface area contributed by atoms with Gasteiger partial charge in [0.15, 0.2) is 0 Å². The standard InChI is InChI=1S/C12H22N2O3/c1-3-5-7-10-11(14(16)17)9-12(15)13(10)8-6-4-2/h10-11H,3-9H2,1-2H3/t10-,11+/m0/s1. The predicted molar refractivity (Wildman–Crippen MR) is 65.3 cm³/mol. The Hall–Kier alpha value is -1.13. The summed E-state index contributed by atoms with van der Waals surface area (Å²) >= 11 is 0. The van der Waals surface area contributed by atoms with Crippen LogP contribution in [-0.2, 0) is 4.79 Å². The van der Waals surface area contributed by atoms with E-state index in [0.717, 1.165) is 32.1 Å². The zero-order chi connectivity index (χ0) is 12.8. The zero-order valence-corrected chi connectivity index (χ0v) is 10.7. The number of unbranched alkanes of at least 4 members (excludes halogenated alkanes) is 2. The second-order valence-electron chi connectivity index (χ2n) is 4.71. The fraction of sp³-hybridized carbons (Fsp3) is 0.917. The third-order valence-corrected chi connectivity index (χ3v) is 3.43. The molecule has 5 nitrogen and oxygen atoms in total. The number of rotatable bonds is 7. The van der Waals surface area contributed by atoms with Gasteiger partial charge in [-0.3, -0.25) is 14.9 Å². The van der Waals surface area contributed by atoms with Crippen molar-refractivity contribution in [2.45, 2.75) is 64.5 Å². The predicted octanol–water partition coefficient (Wildman–Crippen LogP) is 2.22. The average Bonchev–Trinajstić information content (AvgIpc) is 2.61. The summed E-state index contributed by atoms with van der Waals surface area (Å²) in [6, 6.07) is -0.866. The molecule has 0 N–H and O–H groups in total. The van der Waals surface area contributed by atoms with Crippen molar-refractivity contribution in [2.75, 3.05) is 6.54 Å². The van der Waals surface area contributed by atoms with Crippen molar-refractivity contribution < 1.29 is 9.72 Å². The second-order valence-corrected chi connectivity index (χ2v) is 4.71. The van der Waals surface area contributed by atoms with Gasteiger partial charge in [-0.1, -0.05) is 33.1 Å². The van der Waals surface area contributed by atoms with E-state index in [1.54, 1.807) is 4.90 Å². The van der Waals surface area contributed by atoms with Crippen LogP contribution < -0.4 is 0 Å². The first-order chi connectivity index (χ1) is 8.11. The van der Waals surface area contributed by atoms with Gasteiger partial charge in [0, 0.05) is 11.5 Å².